The van der Waals surface area contributed by atoms with Crippen molar-refractivity contribution in [3.63, 3.8) is 0 Å². The van der Waals surface area contributed by atoms with Crippen LogP contribution in [0.15, 0.2) is 24.3 Å². The number of aryl methyl sites for hydroxylation is 1. The number of hydrogen-bond acceptors (Lipinski definition) is 2. The molecular weight excluding hydrogens is 224 g/mol. The average Bonchev–Trinajstić information content (AvgIpc) is 2.27. The van der Waals surface area contributed by atoms with E-state index in [0.717, 1.165) is 6.42 Å². The van der Waals surface area contributed by atoms with Gasteiger partial charge in [0.05, 0.1) is 5.60 Å². The summed E-state index contributed by atoms with van der Waals surface area (Å²) in [5.74, 6) is 0.561. The smallest absolute Gasteiger partial charge is 0.0595 e. The molecule has 1 aromatic rings. The first-order valence-electron chi connectivity index (χ1n) is 6.71. The van der Waals surface area contributed by atoms with Gasteiger partial charge in [-0.25, -0.2) is 0 Å². The molecule has 0 bridgehead atoms. The maximum Gasteiger partial charge on any atom is 0.0595 e. The Labute approximate surface area is 111 Å². The topological polar surface area (TPSA) is 40.5 Å². The van der Waals surface area contributed by atoms with Crippen molar-refractivity contribution in [2.24, 2.45) is 5.92 Å². The second-order valence-corrected chi connectivity index (χ2v) is 6.11. The molecular formula is C16H26O2. The Balaban J connectivity index is 2.61. The van der Waals surface area contributed by atoms with Gasteiger partial charge in [0, 0.05) is 6.61 Å². The van der Waals surface area contributed by atoms with Gasteiger partial charge in [-0.2, -0.15) is 0 Å². The van der Waals surface area contributed by atoms with Gasteiger partial charge in [0.1, 0.15) is 0 Å². The van der Waals surface area contributed by atoms with Gasteiger partial charge >= 0.3 is 0 Å². The summed E-state index contributed by atoms with van der Waals surface area (Å²) >= 11 is 0. The summed E-state index contributed by atoms with van der Waals surface area (Å²) in [6.07, 6.45) is 1.54. The van der Waals surface area contributed by atoms with E-state index in [1.165, 1.54) is 11.1 Å². The lowest BCUT2D eigenvalue weighted by Gasteiger charge is -2.26. The Kier molecular flexibility index (Phi) is 5.36. The zero-order chi connectivity index (χ0) is 13.8. The zero-order valence-electron chi connectivity index (χ0n) is 12.0. The molecule has 2 atom stereocenters. The van der Waals surface area contributed by atoms with Crippen LogP contribution in [0.25, 0.3) is 0 Å². The minimum atomic E-state index is -0.708. The molecule has 2 N–H and O–H groups in total. The SMILES string of the molecule is Cc1ccc([C@@H](C)CC(CO)CC(C)(C)O)cc1. The Morgan fingerprint density at radius 3 is 2.17 bits per heavy atom. The number of rotatable bonds is 6. The number of benzene rings is 1. The monoisotopic (exact) mass is 250 g/mol. The van der Waals surface area contributed by atoms with E-state index in [1.54, 1.807) is 13.8 Å². The van der Waals surface area contributed by atoms with Crippen molar-refractivity contribution in [1.82, 2.24) is 0 Å². The van der Waals surface area contributed by atoms with Crippen LogP contribution < -0.4 is 0 Å². The fraction of sp³-hybridized carbons (Fsp3) is 0.625. The fourth-order valence-electron chi connectivity index (χ4n) is 2.46. The van der Waals surface area contributed by atoms with Crippen molar-refractivity contribution in [3.05, 3.63) is 35.4 Å². The molecule has 0 amide bonds. The highest BCUT2D eigenvalue weighted by atomic mass is 16.3. The van der Waals surface area contributed by atoms with Crippen molar-refractivity contribution in [2.45, 2.75) is 52.1 Å². The molecule has 2 nitrogen and oxygen atoms in total. The van der Waals surface area contributed by atoms with E-state index in [4.69, 9.17) is 0 Å². The van der Waals surface area contributed by atoms with Gasteiger partial charge in [0.2, 0.25) is 0 Å². The minimum Gasteiger partial charge on any atom is -0.396 e. The van der Waals surface area contributed by atoms with E-state index in [1.807, 2.05) is 0 Å². The van der Waals surface area contributed by atoms with Gasteiger partial charge in [-0.05, 0) is 51.0 Å². The highest BCUT2D eigenvalue weighted by Gasteiger charge is 2.22. The lowest BCUT2D eigenvalue weighted by Crippen LogP contribution is -2.25. The van der Waals surface area contributed by atoms with E-state index < -0.39 is 5.60 Å². The molecule has 1 aromatic carbocycles. The number of hydrogen-bond donors (Lipinski definition) is 2. The van der Waals surface area contributed by atoms with Crippen LogP contribution >= 0.6 is 0 Å². The van der Waals surface area contributed by atoms with Gasteiger partial charge in [0.15, 0.2) is 0 Å². The van der Waals surface area contributed by atoms with Crippen molar-refractivity contribution in [1.29, 1.82) is 0 Å². The summed E-state index contributed by atoms with van der Waals surface area (Å²) in [5, 5.41) is 19.2. The quantitative estimate of drug-likeness (QED) is 0.813. The molecule has 0 aliphatic carbocycles. The Hall–Kier alpha value is -0.860. The summed E-state index contributed by atoms with van der Waals surface area (Å²) in [5.41, 5.74) is 1.86. The maximum absolute atomic E-state index is 9.83. The molecule has 0 saturated carbocycles. The first kappa shape index (κ1) is 15.2. The normalized spacial score (nSPS) is 15.4. The molecule has 2 heteroatoms. The summed E-state index contributed by atoms with van der Waals surface area (Å²) in [7, 11) is 0. The third-order valence-electron chi connectivity index (χ3n) is 3.38. The largest absolute Gasteiger partial charge is 0.396 e. The molecule has 0 aliphatic heterocycles. The van der Waals surface area contributed by atoms with Crippen LogP contribution in [0.5, 0.6) is 0 Å². The van der Waals surface area contributed by atoms with Crippen LogP contribution in [-0.4, -0.2) is 22.4 Å². The highest BCUT2D eigenvalue weighted by molar-refractivity contribution is 5.24. The molecule has 0 saturated heterocycles. The molecule has 0 aliphatic rings. The predicted molar refractivity (Wildman–Crippen MR) is 75.7 cm³/mol. The highest BCUT2D eigenvalue weighted by Crippen LogP contribution is 2.28. The third-order valence-corrected chi connectivity index (χ3v) is 3.38. The minimum absolute atomic E-state index is 0.139. The van der Waals surface area contributed by atoms with E-state index in [2.05, 4.69) is 38.1 Å². The predicted octanol–water partition coefficient (Wildman–Crippen LogP) is 3.26. The molecule has 0 spiro atoms. The average molecular weight is 250 g/mol. The van der Waals surface area contributed by atoms with Crippen LogP contribution in [0.4, 0.5) is 0 Å². The van der Waals surface area contributed by atoms with E-state index >= 15 is 0 Å². The molecule has 1 unspecified atom stereocenters. The van der Waals surface area contributed by atoms with Crippen molar-refractivity contribution in [3.8, 4) is 0 Å². The second-order valence-electron chi connectivity index (χ2n) is 6.11. The van der Waals surface area contributed by atoms with Gasteiger partial charge in [-0.15, -0.1) is 0 Å². The lowest BCUT2D eigenvalue weighted by atomic mass is 9.84. The Bertz CT molecular complexity index is 348. The van der Waals surface area contributed by atoms with Gasteiger partial charge in [-0.3, -0.25) is 0 Å². The molecule has 102 valence electrons. The van der Waals surface area contributed by atoms with Gasteiger partial charge in [0.25, 0.3) is 0 Å². The first-order chi connectivity index (χ1) is 8.31. The van der Waals surface area contributed by atoms with Crippen molar-refractivity contribution < 1.29 is 10.2 Å². The lowest BCUT2D eigenvalue weighted by molar-refractivity contribution is 0.0368. The standard InChI is InChI=1S/C16H26O2/c1-12-5-7-15(8-6-12)13(2)9-14(11-17)10-16(3,4)18/h5-8,13-14,17-18H,9-11H2,1-4H3/t13-,14?/m0/s1. The molecule has 18 heavy (non-hydrogen) atoms. The summed E-state index contributed by atoms with van der Waals surface area (Å²) in [4.78, 5) is 0. The molecule has 0 radical (unpaired) electrons. The van der Waals surface area contributed by atoms with E-state index in [0.29, 0.717) is 12.3 Å². The Morgan fingerprint density at radius 2 is 1.72 bits per heavy atom. The van der Waals surface area contributed by atoms with Crippen molar-refractivity contribution in [2.75, 3.05) is 6.61 Å². The molecule has 1 rings (SSSR count). The summed E-state index contributed by atoms with van der Waals surface area (Å²) in [6, 6.07) is 8.54. The van der Waals surface area contributed by atoms with Crippen molar-refractivity contribution >= 4 is 0 Å². The van der Waals surface area contributed by atoms with Gasteiger partial charge < -0.3 is 10.2 Å². The molecule has 0 aromatic heterocycles. The van der Waals surface area contributed by atoms with Crippen LogP contribution in [0.3, 0.4) is 0 Å². The molecule has 0 fully saturated rings. The second kappa shape index (κ2) is 6.35. The maximum atomic E-state index is 9.83. The van der Waals surface area contributed by atoms with Crippen LogP contribution in [0, 0.1) is 12.8 Å². The number of aliphatic hydroxyl groups is 2. The van der Waals surface area contributed by atoms with E-state index in [-0.39, 0.29) is 12.5 Å². The zero-order valence-corrected chi connectivity index (χ0v) is 12.0. The van der Waals surface area contributed by atoms with Crippen LogP contribution in [0.2, 0.25) is 0 Å². The summed E-state index contributed by atoms with van der Waals surface area (Å²) in [6.45, 7) is 8.00. The van der Waals surface area contributed by atoms with Crippen LogP contribution in [-0.2, 0) is 0 Å². The Morgan fingerprint density at radius 1 is 1.17 bits per heavy atom. The molecule has 0 heterocycles. The van der Waals surface area contributed by atoms with Crippen LogP contribution in [0.1, 0.15) is 50.7 Å². The van der Waals surface area contributed by atoms with E-state index in [9.17, 15) is 10.2 Å². The fourth-order valence-corrected chi connectivity index (χ4v) is 2.46. The van der Waals surface area contributed by atoms with Gasteiger partial charge in [-0.1, -0.05) is 36.8 Å². The summed E-state index contributed by atoms with van der Waals surface area (Å²) < 4.78 is 0. The third kappa shape index (κ3) is 5.19. The number of aliphatic hydroxyl groups excluding tert-OH is 1. The first-order valence-corrected chi connectivity index (χ1v) is 6.71.